The minimum absolute atomic E-state index is 0.334. The summed E-state index contributed by atoms with van der Waals surface area (Å²) in [7, 11) is 0. The maximum Gasteiger partial charge on any atom is 0.107 e. The number of hydrogen-bond donors (Lipinski definition) is 2. The highest BCUT2D eigenvalue weighted by Gasteiger charge is 2.00. The molecule has 0 spiro atoms. The van der Waals surface area contributed by atoms with E-state index in [0.29, 0.717) is 6.04 Å². The summed E-state index contributed by atoms with van der Waals surface area (Å²) in [5, 5.41) is 4.51. The summed E-state index contributed by atoms with van der Waals surface area (Å²) < 4.78 is 0. The van der Waals surface area contributed by atoms with Crippen LogP contribution in [0.1, 0.15) is 29.7 Å². The molecule has 1 aromatic heterocycles. The van der Waals surface area contributed by atoms with E-state index in [0.717, 1.165) is 30.9 Å². The Hall–Kier alpha value is -0.450. The first-order valence-electron chi connectivity index (χ1n) is 5.10. The number of nitrogens with one attached hydrogen (secondary N) is 1. The number of aryl methyl sites for hydroxylation is 1. The van der Waals surface area contributed by atoms with Crippen molar-refractivity contribution in [2.75, 3.05) is 6.54 Å². The van der Waals surface area contributed by atoms with Gasteiger partial charge in [0.2, 0.25) is 0 Å². The molecule has 0 saturated heterocycles. The second kappa shape index (κ2) is 6.11. The van der Waals surface area contributed by atoms with Crippen molar-refractivity contribution in [3.63, 3.8) is 0 Å². The van der Waals surface area contributed by atoms with Crippen molar-refractivity contribution in [2.45, 2.75) is 39.3 Å². The summed E-state index contributed by atoms with van der Waals surface area (Å²) in [5.74, 6) is 0. The predicted octanol–water partition coefficient (Wildman–Crippen LogP) is 1.67. The molecule has 1 unspecified atom stereocenters. The van der Waals surface area contributed by atoms with Gasteiger partial charge >= 0.3 is 0 Å². The fourth-order valence-electron chi connectivity index (χ4n) is 1.17. The lowest BCUT2D eigenvalue weighted by molar-refractivity contribution is 0.549. The maximum atomic E-state index is 5.80. The van der Waals surface area contributed by atoms with E-state index in [1.54, 1.807) is 11.3 Å². The van der Waals surface area contributed by atoms with Crippen LogP contribution < -0.4 is 11.1 Å². The first-order valence-corrected chi connectivity index (χ1v) is 5.91. The van der Waals surface area contributed by atoms with Gasteiger partial charge in [0.15, 0.2) is 0 Å². The van der Waals surface area contributed by atoms with Gasteiger partial charge < -0.3 is 11.1 Å². The quantitative estimate of drug-likeness (QED) is 0.707. The molecule has 1 atom stereocenters. The Morgan fingerprint density at radius 3 is 3.00 bits per heavy atom. The van der Waals surface area contributed by atoms with E-state index >= 15 is 0 Å². The van der Waals surface area contributed by atoms with Crippen LogP contribution >= 0.6 is 11.3 Å². The number of rotatable bonds is 6. The molecule has 3 N–H and O–H groups in total. The van der Waals surface area contributed by atoms with Crippen LogP contribution in [-0.2, 0) is 6.54 Å². The predicted molar refractivity (Wildman–Crippen MR) is 61.4 cm³/mol. The van der Waals surface area contributed by atoms with Crippen LogP contribution in [0, 0.1) is 6.92 Å². The Morgan fingerprint density at radius 2 is 2.43 bits per heavy atom. The average Bonchev–Trinajstić information content (AvgIpc) is 2.58. The molecule has 1 aromatic rings. The first-order chi connectivity index (χ1) is 6.72. The van der Waals surface area contributed by atoms with Crippen LogP contribution in [0.5, 0.6) is 0 Å². The Kier molecular flexibility index (Phi) is 5.07. The Morgan fingerprint density at radius 1 is 1.64 bits per heavy atom. The van der Waals surface area contributed by atoms with Gasteiger partial charge in [0.05, 0.1) is 0 Å². The molecule has 0 aliphatic heterocycles. The summed E-state index contributed by atoms with van der Waals surface area (Å²) >= 11 is 1.75. The molecule has 0 amide bonds. The van der Waals surface area contributed by atoms with Gasteiger partial charge in [-0.25, -0.2) is 4.98 Å². The van der Waals surface area contributed by atoms with E-state index < -0.39 is 0 Å². The van der Waals surface area contributed by atoms with Crippen molar-refractivity contribution in [3.05, 3.63) is 16.1 Å². The highest BCUT2D eigenvalue weighted by molar-refractivity contribution is 7.11. The van der Waals surface area contributed by atoms with Gasteiger partial charge in [-0.1, -0.05) is 6.92 Å². The number of thiazole rings is 1. The SMILES string of the molecule is CCC(N)CCNCc1ncc(C)s1. The minimum atomic E-state index is 0.334. The monoisotopic (exact) mass is 213 g/mol. The zero-order chi connectivity index (χ0) is 10.4. The second-order valence-corrected chi connectivity index (χ2v) is 4.82. The lowest BCUT2D eigenvalue weighted by atomic mass is 10.2. The number of aromatic nitrogens is 1. The third-order valence-corrected chi connectivity index (χ3v) is 3.07. The molecule has 4 heteroatoms. The zero-order valence-electron chi connectivity index (χ0n) is 8.92. The molecule has 0 aliphatic rings. The smallest absolute Gasteiger partial charge is 0.107 e. The molecule has 0 aromatic carbocycles. The summed E-state index contributed by atoms with van der Waals surface area (Å²) in [4.78, 5) is 5.55. The molecule has 0 radical (unpaired) electrons. The first kappa shape index (κ1) is 11.6. The summed E-state index contributed by atoms with van der Waals surface area (Å²) in [6.45, 7) is 6.05. The molecule has 0 saturated carbocycles. The van der Waals surface area contributed by atoms with Crippen LogP contribution in [-0.4, -0.2) is 17.6 Å². The van der Waals surface area contributed by atoms with E-state index in [1.807, 2.05) is 6.20 Å². The molecule has 1 rings (SSSR count). The fraction of sp³-hybridized carbons (Fsp3) is 0.700. The number of hydrogen-bond acceptors (Lipinski definition) is 4. The Bertz CT molecular complexity index is 260. The highest BCUT2D eigenvalue weighted by atomic mass is 32.1. The number of nitrogens with two attached hydrogens (primary N) is 1. The van der Waals surface area contributed by atoms with Crippen molar-refractivity contribution in [1.29, 1.82) is 0 Å². The lowest BCUT2D eigenvalue weighted by Crippen LogP contribution is -2.25. The van der Waals surface area contributed by atoms with Crippen molar-refractivity contribution in [1.82, 2.24) is 10.3 Å². The third kappa shape index (κ3) is 4.17. The molecule has 1 heterocycles. The largest absolute Gasteiger partial charge is 0.328 e. The van der Waals surface area contributed by atoms with Crippen LogP contribution in [0.15, 0.2) is 6.20 Å². The molecule has 0 fully saturated rings. The van der Waals surface area contributed by atoms with Gasteiger partial charge in [-0.2, -0.15) is 0 Å². The Labute approximate surface area is 89.7 Å². The van der Waals surface area contributed by atoms with Crippen molar-refractivity contribution >= 4 is 11.3 Å². The van der Waals surface area contributed by atoms with Crippen molar-refractivity contribution in [3.8, 4) is 0 Å². The summed E-state index contributed by atoms with van der Waals surface area (Å²) in [5.41, 5.74) is 5.80. The van der Waals surface area contributed by atoms with Crippen LogP contribution in [0.25, 0.3) is 0 Å². The molecule has 0 bridgehead atoms. The summed E-state index contributed by atoms with van der Waals surface area (Å²) in [6, 6.07) is 0.334. The van der Waals surface area contributed by atoms with E-state index in [1.165, 1.54) is 4.88 Å². The van der Waals surface area contributed by atoms with Crippen LogP contribution in [0.2, 0.25) is 0 Å². The van der Waals surface area contributed by atoms with E-state index in [4.69, 9.17) is 5.73 Å². The number of nitrogens with zero attached hydrogens (tertiary/aromatic N) is 1. The highest BCUT2D eigenvalue weighted by Crippen LogP contribution is 2.10. The average molecular weight is 213 g/mol. The maximum absolute atomic E-state index is 5.80. The zero-order valence-corrected chi connectivity index (χ0v) is 9.73. The van der Waals surface area contributed by atoms with Gasteiger partial charge in [-0.3, -0.25) is 0 Å². The standard InChI is InChI=1S/C10H19N3S/c1-3-9(11)4-5-12-7-10-13-6-8(2)14-10/h6,9,12H,3-5,7,11H2,1-2H3. The second-order valence-electron chi connectivity index (χ2n) is 3.50. The molecule has 0 aliphatic carbocycles. The van der Waals surface area contributed by atoms with Crippen LogP contribution in [0.3, 0.4) is 0 Å². The van der Waals surface area contributed by atoms with Gasteiger partial charge in [0, 0.05) is 23.7 Å². The van der Waals surface area contributed by atoms with Crippen molar-refractivity contribution in [2.24, 2.45) is 5.73 Å². The minimum Gasteiger partial charge on any atom is -0.328 e. The topological polar surface area (TPSA) is 50.9 Å². The van der Waals surface area contributed by atoms with E-state index in [9.17, 15) is 0 Å². The van der Waals surface area contributed by atoms with Gasteiger partial charge in [0.1, 0.15) is 5.01 Å². The van der Waals surface area contributed by atoms with E-state index in [-0.39, 0.29) is 0 Å². The molecular formula is C10H19N3S. The molecule has 80 valence electrons. The fourth-order valence-corrected chi connectivity index (χ4v) is 1.93. The van der Waals surface area contributed by atoms with Gasteiger partial charge in [0.25, 0.3) is 0 Å². The van der Waals surface area contributed by atoms with Crippen LogP contribution in [0.4, 0.5) is 0 Å². The third-order valence-electron chi connectivity index (χ3n) is 2.16. The lowest BCUT2D eigenvalue weighted by Gasteiger charge is -2.08. The summed E-state index contributed by atoms with van der Waals surface area (Å²) in [6.07, 6.45) is 4.01. The molecular weight excluding hydrogens is 194 g/mol. The van der Waals surface area contributed by atoms with Gasteiger partial charge in [-0.05, 0) is 26.3 Å². The van der Waals surface area contributed by atoms with Gasteiger partial charge in [-0.15, -0.1) is 11.3 Å². The molecule has 3 nitrogen and oxygen atoms in total. The van der Waals surface area contributed by atoms with Crippen molar-refractivity contribution < 1.29 is 0 Å². The Balaban J connectivity index is 2.10. The molecule has 14 heavy (non-hydrogen) atoms. The van der Waals surface area contributed by atoms with E-state index in [2.05, 4.69) is 24.1 Å². The normalized spacial score (nSPS) is 13.1.